The fraction of sp³-hybridized carbons (Fsp3) is 0.267. The molecule has 0 aliphatic carbocycles. The first-order valence-corrected chi connectivity index (χ1v) is 6.01. The number of benzene rings is 1. The molecule has 0 spiro atoms. The van der Waals surface area contributed by atoms with Gasteiger partial charge in [-0.2, -0.15) is 0 Å². The molecule has 1 N–H and O–H groups in total. The van der Waals surface area contributed by atoms with Crippen LogP contribution in [0.15, 0.2) is 40.8 Å². The van der Waals surface area contributed by atoms with Crippen LogP contribution in [0.3, 0.4) is 0 Å². The molecule has 1 atom stereocenters. The molecule has 0 saturated carbocycles. The van der Waals surface area contributed by atoms with Gasteiger partial charge in [0.2, 0.25) is 0 Å². The van der Waals surface area contributed by atoms with E-state index in [0.29, 0.717) is 5.76 Å². The van der Waals surface area contributed by atoms with E-state index in [1.165, 1.54) is 5.56 Å². The Morgan fingerprint density at radius 2 is 1.89 bits per heavy atom. The van der Waals surface area contributed by atoms with Crippen molar-refractivity contribution in [1.82, 2.24) is 5.32 Å². The molecule has 1 unspecified atom stereocenters. The summed E-state index contributed by atoms with van der Waals surface area (Å²) in [7, 11) is 0. The van der Waals surface area contributed by atoms with E-state index < -0.39 is 0 Å². The van der Waals surface area contributed by atoms with Gasteiger partial charge in [0.25, 0.3) is 5.91 Å². The Hall–Kier alpha value is -2.03. The Morgan fingerprint density at radius 1 is 1.17 bits per heavy atom. The fourth-order valence-corrected chi connectivity index (χ4v) is 1.97. The molecule has 2 rings (SSSR count). The molecule has 0 fully saturated rings. The van der Waals surface area contributed by atoms with E-state index in [1.807, 2.05) is 45.0 Å². The second kappa shape index (κ2) is 5.08. The van der Waals surface area contributed by atoms with Gasteiger partial charge < -0.3 is 9.73 Å². The maximum atomic E-state index is 11.9. The summed E-state index contributed by atoms with van der Waals surface area (Å²) in [6.45, 7) is 5.83. The van der Waals surface area contributed by atoms with E-state index in [0.717, 1.165) is 11.3 Å². The molecule has 0 radical (unpaired) electrons. The minimum Gasteiger partial charge on any atom is -0.456 e. The minimum atomic E-state index is -0.182. The molecule has 1 heterocycles. The second-order valence-corrected chi connectivity index (χ2v) is 4.46. The molecular weight excluding hydrogens is 226 g/mol. The van der Waals surface area contributed by atoms with Crippen LogP contribution in [0, 0.1) is 13.8 Å². The molecular formula is C15H17NO2. The number of carbonyl (C=O) groups is 1. The summed E-state index contributed by atoms with van der Waals surface area (Å²) in [4.78, 5) is 11.9. The van der Waals surface area contributed by atoms with Crippen molar-refractivity contribution in [1.29, 1.82) is 0 Å². The number of aryl methyl sites for hydroxylation is 2. The van der Waals surface area contributed by atoms with Crippen LogP contribution in [-0.2, 0) is 0 Å². The Labute approximate surface area is 107 Å². The highest BCUT2D eigenvalue weighted by molar-refractivity contribution is 5.91. The van der Waals surface area contributed by atoms with Crippen LogP contribution < -0.4 is 5.32 Å². The SMILES string of the molecule is Cc1ccc(C(=O)NC(C)c2ccccc2C)o1. The zero-order valence-electron chi connectivity index (χ0n) is 10.9. The smallest absolute Gasteiger partial charge is 0.287 e. The molecule has 1 aromatic carbocycles. The highest BCUT2D eigenvalue weighted by Crippen LogP contribution is 2.17. The number of carbonyl (C=O) groups excluding carboxylic acids is 1. The van der Waals surface area contributed by atoms with Crippen LogP contribution >= 0.6 is 0 Å². The van der Waals surface area contributed by atoms with Crippen LogP contribution in [0.4, 0.5) is 0 Å². The largest absolute Gasteiger partial charge is 0.456 e. The minimum absolute atomic E-state index is 0.0379. The molecule has 3 heteroatoms. The van der Waals surface area contributed by atoms with Crippen LogP contribution in [0.2, 0.25) is 0 Å². The monoisotopic (exact) mass is 243 g/mol. The van der Waals surface area contributed by atoms with Crippen LogP contribution in [0.5, 0.6) is 0 Å². The van der Waals surface area contributed by atoms with Gasteiger partial charge in [0.15, 0.2) is 5.76 Å². The molecule has 2 aromatic rings. The topological polar surface area (TPSA) is 42.2 Å². The van der Waals surface area contributed by atoms with Crippen molar-refractivity contribution >= 4 is 5.91 Å². The molecule has 94 valence electrons. The summed E-state index contributed by atoms with van der Waals surface area (Å²) in [5.74, 6) is 0.912. The third kappa shape index (κ3) is 2.62. The van der Waals surface area contributed by atoms with E-state index in [4.69, 9.17) is 4.42 Å². The maximum Gasteiger partial charge on any atom is 0.287 e. The summed E-state index contributed by atoms with van der Waals surface area (Å²) in [5, 5.41) is 2.93. The van der Waals surface area contributed by atoms with E-state index in [2.05, 4.69) is 5.32 Å². The van der Waals surface area contributed by atoms with Crippen LogP contribution in [0.25, 0.3) is 0 Å². The lowest BCUT2D eigenvalue weighted by atomic mass is 10.0. The van der Waals surface area contributed by atoms with Crippen molar-refractivity contribution in [2.45, 2.75) is 26.8 Å². The second-order valence-electron chi connectivity index (χ2n) is 4.46. The van der Waals surface area contributed by atoms with E-state index in [9.17, 15) is 4.79 Å². The van der Waals surface area contributed by atoms with Gasteiger partial charge in [-0.3, -0.25) is 4.79 Å². The van der Waals surface area contributed by atoms with Gasteiger partial charge in [-0.05, 0) is 44.0 Å². The first-order valence-electron chi connectivity index (χ1n) is 6.01. The Balaban J connectivity index is 2.10. The lowest BCUT2D eigenvalue weighted by Crippen LogP contribution is -2.26. The number of amides is 1. The highest BCUT2D eigenvalue weighted by atomic mass is 16.3. The Morgan fingerprint density at radius 3 is 2.50 bits per heavy atom. The Bertz CT molecular complexity index is 557. The summed E-state index contributed by atoms with van der Waals surface area (Å²) >= 11 is 0. The van der Waals surface area contributed by atoms with Gasteiger partial charge in [-0.15, -0.1) is 0 Å². The highest BCUT2D eigenvalue weighted by Gasteiger charge is 2.15. The normalized spacial score (nSPS) is 12.2. The molecule has 1 amide bonds. The van der Waals surface area contributed by atoms with Crippen molar-refractivity contribution in [3.63, 3.8) is 0 Å². The molecule has 1 aromatic heterocycles. The van der Waals surface area contributed by atoms with E-state index >= 15 is 0 Å². The lowest BCUT2D eigenvalue weighted by Gasteiger charge is -2.15. The van der Waals surface area contributed by atoms with Crippen molar-refractivity contribution in [2.24, 2.45) is 0 Å². The summed E-state index contributed by atoms with van der Waals surface area (Å²) < 4.78 is 5.30. The molecule has 0 saturated heterocycles. The predicted molar refractivity (Wildman–Crippen MR) is 70.5 cm³/mol. The lowest BCUT2D eigenvalue weighted by molar-refractivity contribution is 0.0910. The third-order valence-electron chi connectivity index (χ3n) is 2.97. The van der Waals surface area contributed by atoms with E-state index in [-0.39, 0.29) is 11.9 Å². The summed E-state index contributed by atoms with van der Waals surface area (Å²) in [6.07, 6.45) is 0. The van der Waals surface area contributed by atoms with Gasteiger partial charge in [0.05, 0.1) is 6.04 Å². The molecule has 0 bridgehead atoms. The zero-order chi connectivity index (χ0) is 13.1. The predicted octanol–water partition coefficient (Wildman–Crippen LogP) is 3.39. The number of hydrogen-bond donors (Lipinski definition) is 1. The van der Waals surface area contributed by atoms with Gasteiger partial charge in [0, 0.05) is 0 Å². The fourth-order valence-electron chi connectivity index (χ4n) is 1.97. The van der Waals surface area contributed by atoms with Crippen LogP contribution in [0.1, 0.15) is 40.4 Å². The number of hydrogen-bond acceptors (Lipinski definition) is 2. The number of furan rings is 1. The van der Waals surface area contributed by atoms with Gasteiger partial charge in [0.1, 0.15) is 5.76 Å². The van der Waals surface area contributed by atoms with Gasteiger partial charge in [-0.1, -0.05) is 24.3 Å². The maximum absolute atomic E-state index is 11.9. The average molecular weight is 243 g/mol. The van der Waals surface area contributed by atoms with Crippen LogP contribution in [-0.4, -0.2) is 5.91 Å². The molecule has 0 aliphatic rings. The Kier molecular flexibility index (Phi) is 3.51. The molecule has 0 aliphatic heterocycles. The standard InChI is InChI=1S/C15H17NO2/c1-10-6-4-5-7-13(10)12(3)16-15(17)14-9-8-11(2)18-14/h4-9,12H,1-3H3,(H,16,17). The van der Waals surface area contributed by atoms with Crippen molar-refractivity contribution in [3.05, 3.63) is 59.0 Å². The quantitative estimate of drug-likeness (QED) is 0.897. The first-order chi connectivity index (χ1) is 8.58. The number of nitrogens with one attached hydrogen (secondary N) is 1. The third-order valence-corrected chi connectivity index (χ3v) is 2.97. The first kappa shape index (κ1) is 12.4. The van der Waals surface area contributed by atoms with Crippen molar-refractivity contribution < 1.29 is 9.21 Å². The average Bonchev–Trinajstić information content (AvgIpc) is 2.76. The zero-order valence-corrected chi connectivity index (χ0v) is 10.9. The molecule has 18 heavy (non-hydrogen) atoms. The number of rotatable bonds is 3. The van der Waals surface area contributed by atoms with Gasteiger partial charge in [-0.25, -0.2) is 0 Å². The van der Waals surface area contributed by atoms with Gasteiger partial charge >= 0.3 is 0 Å². The molecule has 3 nitrogen and oxygen atoms in total. The van der Waals surface area contributed by atoms with E-state index in [1.54, 1.807) is 12.1 Å². The summed E-state index contributed by atoms with van der Waals surface area (Å²) in [5.41, 5.74) is 2.29. The van der Waals surface area contributed by atoms with Crippen molar-refractivity contribution in [2.75, 3.05) is 0 Å². The van der Waals surface area contributed by atoms with Crippen molar-refractivity contribution in [3.8, 4) is 0 Å². The summed E-state index contributed by atoms with van der Waals surface area (Å²) in [6, 6.07) is 11.5.